The number of allylic oxidation sites excluding steroid dienone is 1. The molecule has 1 heterocycles. The van der Waals surface area contributed by atoms with Crippen LogP contribution in [0.3, 0.4) is 0 Å². The number of nitrogens with zero attached hydrogens (tertiary/aromatic N) is 3. The average Bonchev–Trinajstić information content (AvgIpc) is 2.48. The van der Waals surface area contributed by atoms with E-state index in [0.717, 1.165) is 0 Å². The van der Waals surface area contributed by atoms with Gasteiger partial charge < -0.3 is 4.98 Å². The number of aromatic nitrogens is 2. The molecule has 0 saturated heterocycles. The Hall–Kier alpha value is -2.07. The Morgan fingerprint density at radius 3 is 2.67 bits per heavy atom. The first-order valence-corrected chi connectivity index (χ1v) is 3.31. The SMILES string of the molecule is C=CCc1nc(C#N)c(C#N)[nH]1. The summed E-state index contributed by atoms with van der Waals surface area (Å²) >= 11 is 0. The molecule has 4 heteroatoms. The first-order valence-electron chi connectivity index (χ1n) is 3.31. The van der Waals surface area contributed by atoms with Gasteiger partial charge in [-0.15, -0.1) is 6.58 Å². The van der Waals surface area contributed by atoms with Crippen LogP contribution in [0.1, 0.15) is 17.2 Å². The largest absolute Gasteiger partial charge is 0.332 e. The van der Waals surface area contributed by atoms with Gasteiger partial charge in [0.05, 0.1) is 0 Å². The van der Waals surface area contributed by atoms with E-state index in [4.69, 9.17) is 10.5 Å². The van der Waals surface area contributed by atoms with E-state index in [1.807, 2.05) is 12.1 Å². The molecule has 0 radical (unpaired) electrons. The van der Waals surface area contributed by atoms with Crippen molar-refractivity contribution >= 4 is 0 Å². The zero-order valence-corrected chi connectivity index (χ0v) is 6.33. The lowest BCUT2D eigenvalue weighted by Gasteiger charge is -1.82. The van der Waals surface area contributed by atoms with Gasteiger partial charge in [0.15, 0.2) is 11.4 Å². The molecule has 0 atom stereocenters. The van der Waals surface area contributed by atoms with Crippen molar-refractivity contribution in [3.8, 4) is 12.1 Å². The predicted octanol–water partition coefficient (Wildman–Crippen LogP) is 0.882. The molecule has 0 fully saturated rings. The lowest BCUT2D eigenvalue weighted by atomic mass is 10.4. The fourth-order valence-corrected chi connectivity index (χ4v) is 0.817. The number of H-pyrrole nitrogens is 1. The van der Waals surface area contributed by atoms with Crippen molar-refractivity contribution in [2.45, 2.75) is 6.42 Å². The summed E-state index contributed by atoms with van der Waals surface area (Å²) in [6.45, 7) is 3.52. The van der Waals surface area contributed by atoms with Gasteiger partial charge in [-0.3, -0.25) is 0 Å². The van der Waals surface area contributed by atoms with Gasteiger partial charge in [-0.25, -0.2) is 4.98 Å². The zero-order valence-electron chi connectivity index (χ0n) is 6.33. The zero-order chi connectivity index (χ0) is 8.97. The molecule has 1 N–H and O–H groups in total. The Kier molecular flexibility index (Phi) is 2.25. The topological polar surface area (TPSA) is 76.3 Å². The molecule has 0 bridgehead atoms. The van der Waals surface area contributed by atoms with Gasteiger partial charge in [0.2, 0.25) is 0 Å². The van der Waals surface area contributed by atoms with Crippen LogP contribution in [0.2, 0.25) is 0 Å². The van der Waals surface area contributed by atoms with Gasteiger partial charge in [0.1, 0.15) is 18.0 Å². The lowest BCUT2D eigenvalue weighted by molar-refractivity contribution is 1.05. The molecule has 0 saturated carbocycles. The maximum Gasteiger partial charge on any atom is 0.176 e. The molecule has 1 rings (SSSR count). The third-order valence-electron chi connectivity index (χ3n) is 1.31. The Balaban J connectivity index is 3.09. The molecule has 0 aromatic carbocycles. The maximum atomic E-state index is 8.53. The van der Waals surface area contributed by atoms with Crippen LogP contribution >= 0.6 is 0 Å². The minimum Gasteiger partial charge on any atom is -0.332 e. The van der Waals surface area contributed by atoms with Gasteiger partial charge in [0.25, 0.3) is 0 Å². The smallest absolute Gasteiger partial charge is 0.176 e. The average molecular weight is 158 g/mol. The molecular formula is C8H6N4. The van der Waals surface area contributed by atoms with E-state index in [1.165, 1.54) is 0 Å². The fraction of sp³-hybridized carbons (Fsp3) is 0.125. The highest BCUT2D eigenvalue weighted by Gasteiger charge is 2.06. The molecular weight excluding hydrogens is 152 g/mol. The Bertz CT molecular complexity index is 343. The second-order valence-electron chi connectivity index (χ2n) is 2.12. The number of hydrogen-bond acceptors (Lipinski definition) is 3. The molecule has 12 heavy (non-hydrogen) atoms. The summed E-state index contributed by atoms with van der Waals surface area (Å²) in [5.41, 5.74) is 0.365. The lowest BCUT2D eigenvalue weighted by Crippen LogP contribution is -1.82. The Labute approximate surface area is 69.8 Å². The van der Waals surface area contributed by atoms with E-state index in [2.05, 4.69) is 16.5 Å². The van der Waals surface area contributed by atoms with Crippen molar-refractivity contribution in [2.24, 2.45) is 0 Å². The van der Waals surface area contributed by atoms with Crippen molar-refractivity contribution < 1.29 is 0 Å². The Morgan fingerprint density at radius 1 is 1.50 bits per heavy atom. The highest BCUT2D eigenvalue weighted by molar-refractivity contribution is 5.36. The van der Waals surface area contributed by atoms with Crippen LogP contribution in [0.4, 0.5) is 0 Å². The predicted molar refractivity (Wildman–Crippen MR) is 41.9 cm³/mol. The van der Waals surface area contributed by atoms with Crippen molar-refractivity contribution in [3.63, 3.8) is 0 Å². The number of aromatic amines is 1. The number of rotatable bonds is 2. The number of hydrogen-bond donors (Lipinski definition) is 1. The van der Waals surface area contributed by atoms with Crippen LogP contribution in [0.15, 0.2) is 12.7 Å². The van der Waals surface area contributed by atoms with Crippen LogP contribution in [0.25, 0.3) is 0 Å². The normalized spacial score (nSPS) is 8.50. The van der Waals surface area contributed by atoms with E-state index in [-0.39, 0.29) is 11.4 Å². The van der Waals surface area contributed by atoms with Crippen LogP contribution in [0.5, 0.6) is 0 Å². The van der Waals surface area contributed by atoms with Crippen LogP contribution in [-0.2, 0) is 6.42 Å². The number of nitriles is 2. The van der Waals surface area contributed by atoms with Gasteiger partial charge in [-0.05, 0) is 0 Å². The molecule has 0 aliphatic carbocycles. The van der Waals surface area contributed by atoms with E-state index in [1.54, 1.807) is 6.08 Å². The molecule has 0 aliphatic heterocycles. The summed E-state index contributed by atoms with van der Waals surface area (Å²) in [6, 6.07) is 3.68. The summed E-state index contributed by atoms with van der Waals surface area (Å²) in [6.07, 6.45) is 2.19. The quantitative estimate of drug-likeness (QED) is 0.649. The molecule has 0 amide bonds. The van der Waals surface area contributed by atoms with Gasteiger partial charge in [0, 0.05) is 6.42 Å². The van der Waals surface area contributed by atoms with Gasteiger partial charge in [-0.1, -0.05) is 6.08 Å². The molecule has 58 valence electrons. The van der Waals surface area contributed by atoms with E-state index >= 15 is 0 Å². The number of nitrogens with one attached hydrogen (secondary N) is 1. The maximum absolute atomic E-state index is 8.53. The van der Waals surface area contributed by atoms with E-state index in [0.29, 0.717) is 12.2 Å². The highest BCUT2D eigenvalue weighted by atomic mass is 14.9. The van der Waals surface area contributed by atoms with Crippen LogP contribution in [-0.4, -0.2) is 9.97 Å². The summed E-state index contributed by atoms with van der Waals surface area (Å²) in [4.78, 5) is 6.60. The minimum atomic E-state index is 0.148. The summed E-state index contributed by atoms with van der Waals surface area (Å²) in [5.74, 6) is 0.595. The van der Waals surface area contributed by atoms with Gasteiger partial charge in [-0.2, -0.15) is 10.5 Å². The second-order valence-corrected chi connectivity index (χ2v) is 2.12. The highest BCUT2D eigenvalue weighted by Crippen LogP contribution is 2.03. The van der Waals surface area contributed by atoms with E-state index < -0.39 is 0 Å². The van der Waals surface area contributed by atoms with Crippen molar-refractivity contribution in [1.82, 2.24) is 9.97 Å². The monoisotopic (exact) mass is 158 g/mol. The summed E-state index contributed by atoms with van der Waals surface area (Å²) < 4.78 is 0. The molecule has 1 aromatic heterocycles. The van der Waals surface area contributed by atoms with Gasteiger partial charge >= 0.3 is 0 Å². The third-order valence-corrected chi connectivity index (χ3v) is 1.31. The van der Waals surface area contributed by atoms with Crippen LogP contribution in [0, 0.1) is 22.7 Å². The summed E-state index contributed by atoms with van der Waals surface area (Å²) in [5, 5.41) is 17.1. The minimum absolute atomic E-state index is 0.148. The molecule has 1 aromatic rings. The third kappa shape index (κ3) is 1.33. The first kappa shape index (κ1) is 8.03. The molecule has 0 aliphatic rings. The van der Waals surface area contributed by atoms with Crippen molar-refractivity contribution in [2.75, 3.05) is 0 Å². The van der Waals surface area contributed by atoms with Crippen molar-refractivity contribution in [1.29, 1.82) is 10.5 Å². The second kappa shape index (κ2) is 3.36. The fourth-order valence-electron chi connectivity index (χ4n) is 0.817. The van der Waals surface area contributed by atoms with Crippen LogP contribution < -0.4 is 0 Å². The molecule has 0 unspecified atom stereocenters. The number of imidazole rings is 1. The van der Waals surface area contributed by atoms with E-state index in [9.17, 15) is 0 Å². The standard InChI is InChI=1S/C8H6N4/c1-2-3-8-11-6(4-9)7(5-10)12-8/h2H,1,3H2,(H,11,12). The first-order chi connectivity index (χ1) is 5.81. The summed E-state index contributed by atoms with van der Waals surface area (Å²) in [7, 11) is 0. The molecule has 4 nitrogen and oxygen atoms in total. The Morgan fingerprint density at radius 2 is 2.25 bits per heavy atom. The van der Waals surface area contributed by atoms with Crippen molar-refractivity contribution in [3.05, 3.63) is 29.9 Å². The molecule has 0 spiro atoms.